The van der Waals surface area contributed by atoms with Gasteiger partial charge in [0.05, 0.1) is 11.5 Å². The summed E-state index contributed by atoms with van der Waals surface area (Å²) in [6.45, 7) is 2.43. The SMILES string of the molecule is CCOc1ccccc1N=C1NC(=O)/C(=C/c2cccc(F)c2)S1. The van der Waals surface area contributed by atoms with Gasteiger partial charge in [0.1, 0.15) is 17.3 Å². The Labute approximate surface area is 143 Å². The lowest BCUT2D eigenvalue weighted by Gasteiger charge is -2.06. The summed E-state index contributed by atoms with van der Waals surface area (Å²) in [5.41, 5.74) is 1.28. The number of amides is 1. The van der Waals surface area contributed by atoms with Crippen molar-refractivity contribution in [3.8, 4) is 5.75 Å². The molecule has 1 amide bonds. The van der Waals surface area contributed by atoms with E-state index in [1.807, 2.05) is 31.2 Å². The number of halogens is 1. The van der Waals surface area contributed by atoms with Crippen molar-refractivity contribution in [2.75, 3.05) is 6.61 Å². The molecule has 0 spiro atoms. The van der Waals surface area contributed by atoms with E-state index in [9.17, 15) is 9.18 Å². The minimum absolute atomic E-state index is 0.253. The first kappa shape index (κ1) is 16.3. The van der Waals surface area contributed by atoms with Gasteiger partial charge < -0.3 is 10.1 Å². The summed E-state index contributed by atoms with van der Waals surface area (Å²) in [4.78, 5) is 17.0. The zero-order valence-corrected chi connectivity index (χ0v) is 13.8. The number of ether oxygens (including phenoxy) is 1. The number of hydrogen-bond donors (Lipinski definition) is 1. The monoisotopic (exact) mass is 342 g/mol. The molecule has 3 rings (SSSR count). The van der Waals surface area contributed by atoms with Gasteiger partial charge in [0, 0.05) is 0 Å². The molecule has 4 nitrogen and oxygen atoms in total. The molecule has 1 aliphatic heterocycles. The summed E-state index contributed by atoms with van der Waals surface area (Å²) in [6, 6.07) is 13.4. The minimum Gasteiger partial charge on any atom is -0.492 e. The van der Waals surface area contributed by atoms with Crippen molar-refractivity contribution < 1.29 is 13.9 Å². The van der Waals surface area contributed by atoms with Gasteiger partial charge in [-0.2, -0.15) is 0 Å². The van der Waals surface area contributed by atoms with Gasteiger partial charge in [-0.25, -0.2) is 9.38 Å². The molecule has 2 aromatic rings. The molecule has 0 aromatic heterocycles. The highest BCUT2D eigenvalue weighted by atomic mass is 32.2. The molecule has 24 heavy (non-hydrogen) atoms. The fourth-order valence-corrected chi connectivity index (χ4v) is 3.00. The Hall–Kier alpha value is -2.60. The summed E-state index contributed by atoms with van der Waals surface area (Å²) in [5.74, 6) is 0.0640. The lowest BCUT2D eigenvalue weighted by molar-refractivity contribution is -0.115. The van der Waals surface area contributed by atoms with Crippen LogP contribution in [0.25, 0.3) is 6.08 Å². The average molecular weight is 342 g/mol. The molecule has 0 saturated carbocycles. The normalized spacial score (nSPS) is 17.3. The molecule has 0 aliphatic carbocycles. The lowest BCUT2D eigenvalue weighted by atomic mass is 10.2. The van der Waals surface area contributed by atoms with E-state index in [0.717, 1.165) is 0 Å². The first-order valence-corrected chi connectivity index (χ1v) is 8.24. The topological polar surface area (TPSA) is 50.7 Å². The molecule has 122 valence electrons. The second-order valence-electron chi connectivity index (χ2n) is 4.94. The summed E-state index contributed by atoms with van der Waals surface area (Å²) < 4.78 is 18.8. The number of carbonyl (C=O) groups is 1. The summed E-state index contributed by atoms with van der Waals surface area (Å²) >= 11 is 1.21. The first-order chi connectivity index (χ1) is 11.7. The smallest absolute Gasteiger partial charge is 0.264 e. The maximum absolute atomic E-state index is 13.2. The number of aliphatic imine (C=N–C) groups is 1. The second kappa shape index (κ2) is 7.31. The van der Waals surface area contributed by atoms with E-state index < -0.39 is 0 Å². The lowest BCUT2D eigenvalue weighted by Crippen LogP contribution is -2.19. The zero-order chi connectivity index (χ0) is 16.9. The molecule has 1 heterocycles. The molecular formula is C18H15FN2O2S. The standard InChI is InChI=1S/C18H15FN2O2S/c1-2-23-15-9-4-3-8-14(15)20-18-21-17(22)16(24-18)11-12-6-5-7-13(19)10-12/h3-11H,2H2,1H3,(H,20,21,22)/b16-11-. The largest absolute Gasteiger partial charge is 0.492 e. The van der Waals surface area contributed by atoms with E-state index in [4.69, 9.17) is 4.74 Å². The molecular weight excluding hydrogens is 327 g/mol. The van der Waals surface area contributed by atoms with Crippen LogP contribution < -0.4 is 10.1 Å². The predicted molar refractivity (Wildman–Crippen MR) is 94.8 cm³/mol. The van der Waals surface area contributed by atoms with Crippen molar-refractivity contribution in [3.05, 3.63) is 64.8 Å². The number of rotatable bonds is 4. The number of para-hydroxylation sites is 2. The number of carbonyl (C=O) groups excluding carboxylic acids is 1. The number of nitrogens with one attached hydrogen (secondary N) is 1. The Morgan fingerprint density at radius 3 is 2.88 bits per heavy atom. The van der Waals surface area contributed by atoms with Crippen LogP contribution >= 0.6 is 11.8 Å². The maximum Gasteiger partial charge on any atom is 0.264 e. The third-order valence-electron chi connectivity index (χ3n) is 3.18. The van der Waals surface area contributed by atoms with Crippen LogP contribution in [0.2, 0.25) is 0 Å². The number of hydrogen-bond acceptors (Lipinski definition) is 4. The Morgan fingerprint density at radius 2 is 2.08 bits per heavy atom. The van der Waals surface area contributed by atoms with Crippen LogP contribution in [0.1, 0.15) is 12.5 Å². The molecule has 0 bridgehead atoms. The molecule has 1 fully saturated rings. The molecule has 0 radical (unpaired) electrons. The molecule has 0 atom stereocenters. The summed E-state index contributed by atoms with van der Waals surface area (Å²) in [7, 11) is 0. The molecule has 2 aromatic carbocycles. The quantitative estimate of drug-likeness (QED) is 0.851. The van der Waals surface area contributed by atoms with E-state index in [1.165, 1.54) is 23.9 Å². The highest BCUT2D eigenvalue weighted by Gasteiger charge is 2.24. The highest BCUT2D eigenvalue weighted by Crippen LogP contribution is 2.32. The van der Waals surface area contributed by atoms with E-state index in [2.05, 4.69) is 10.3 Å². The van der Waals surface area contributed by atoms with Crippen molar-refractivity contribution in [1.82, 2.24) is 5.32 Å². The van der Waals surface area contributed by atoms with Crippen molar-refractivity contribution in [2.24, 2.45) is 4.99 Å². The van der Waals surface area contributed by atoms with Crippen LogP contribution in [0.4, 0.5) is 10.1 Å². The van der Waals surface area contributed by atoms with Crippen molar-refractivity contribution in [3.63, 3.8) is 0 Å². The van der Waals surface area contributed by atoms with E-state index in [1.54, 1.807) is 18.2 Å². The van der Waals surface area contributed by atoms with Gasteiger partial charge in [0.15, 0.2) is 5.17 Å². The van der Waals surface area contributed by atoms with Crippen LogP contribution in [0.15, 0.2) is 58.4 Å². The van der Waals surface area contributed by atoms with E-state index in [-0.39, 0.29) is 11.7 Å². The number of nitrogens with zero attached hydrogens (tertiary/aromatic N) is 1. The van der Waals surface area contributed by atoms with Crippen LogP contribution in [0.5, 0.6) is 5.75 Å². The Balaban J connectivity index is 1.85. The highest BCUT2D eigenvalue weighted by molar-refractivity contribution is 8.18. The predicted octanol–water partition coefficient (Wildman–Crippen LogP) is 4.12. The van der Waals surface area contributed by atoms with Crippen LogP contribution in [-0.4, -0.2) is 17.7 Å². The van der Waals surface area contributed by atoms with E-state index >= 15 is 0 Å². The third kappa shape index (κ3) is 3.83. The third-order valence-corrected chi connectivity index (χ3v) is 4.09. The zero-order valence-electron chi connectivity index (χ0n) is 13.0. The van der Waals surface area contributed by atoms with Gasteiger partial charge in [0.2, 0.25) is 0 Å². The van der Waals surface area contributed by atoms with Crippen molar-refractivity contribution >= 4 is 34.6 Å². The fraction of sp³-hybridized carbons (Fsp3) is 0.111. The van der Waals surface area contributed by atoms with Gasteiger partial charge in [-0.15, -0.1) is 0 Å². The summed E-state index contributed by atoms with van der Waals surface area (Å²) in [6.07, 6.45) is 1.64. The van der Waals surface area contributed by atoms with Crippen LogP contribution in [-0.2, 0) is 4.79 Å². The van der Waals surface area contributed by atoms with Crippen molar-refractivity contribution in [1.29, 1.82) is 0 Å². The van der Waals surface area contributed by atoms with Gasteiger partial charge >= 0.3 is 0 Å². The molecule has 6 heteroatoms. The minimum atomic E-state index is -0.340. The number of thioether (sulfide) groups is 1. The van der Waals surface area contributed by atoms with Gasteiger partial charge in [-0.3, -0.25) is 4.79 Å². The molecule has 1 N–H and O–H groups in total. The number of amidine groups is 1. The molecule has 1 aliphatic rings. The van der Waals surface area contributed by atoms with Crippen LogP contribution in [0.3, 0.4) is 0 Å². The molecule has 0 unspecified atom stereocenters. The van der Waals surface area contributed by atoms with Crippen molar-refractivity contribution in [2.45, 2.75) is 6.92 Å². The second-order valence-corrected chi connectivity index (χ2v) is 5.97. The maximum atomic E-state index is 13.2. The Bertz CT molecular complexity index is 833. The van der Waals surface area contributed by atoms with Crippen LogP contribution in [0, 0.1) is 5.82 Å². The summed E-state index contributed by atoms with van der Waals surface area (Å²) in [5, 5.41) is 3.18. The van der Waals surface area contributed by atoms with E-state index in [0.29, 0.717) is 33.7 Å². The molecule has 1 saturated heterocycles. The Morgan fingerprint density at radius 1 is 1.25 bits per heavy atom. The van der Waals surface area contributed by atoms with Gasteiger partial charge in [-0.05, 0) is 54.6 Å². The first-order valence-electron chi connectivity index (χ1n) is 7.42. The average Bonchev–Trinajstić information content (AvgIpc) is 2.89. The van der Waals surface area contributed by atoms with Gasteiger partial charge in [0.25, 0.3) is 5.91 Å². The number of benzene rings is 2. The van der Waals surface area contributed by atoms with Gasteiger partial charge in [-0.1, -0.05) is 24.3 Å². The Kier molecular flexibility index (Phi) is 4.96. The fourth-order valence-electron chi connectivity index (χ4n) is 2.16.